The largest absolute Gasteiger partial charge is 0.437 e. The summed E-state index contributed by atoms with van der Waals surface area (Å²) in [6.45, 7) is 6.29. The zero-order valence-electron chi connectivity index (χ0n) is 22.2. The Labute approximate surface area is 232 Å². The van der Waals surface area contributed by atoms with Gasteiger partial charge in [0.1, 0.15) is 5.75 Å². The number of nitrogens with one attached hydrogen (secondary N) is 2. The molecule has 39 heavy (non-hydrogen) atoms. The average molecular weight is 537 g/mol. The monoisotopic (exact) mass is 536 g/mol. The van der Waals surface area contributed by atoms with Crippen molar-refractivity contribution in [1.82, 2.24) is 25.3 Å². The number of piperidine rings is 1. The predicted molar refractivity (Wildman–Crippen MR) is 158 cm³/mol. The molecule has 7 nitrogen and oxygen atoms in total. The summed E-state index contributed by atoms with van der Waals surface area (Å²) in [5, 5.41) is 11.3. The number of nitrogens with zero attached hydrogens (tertiary/aromatic N) is 4. The molecule has 0 aliphatic carbocycles. The molecule has 0 bridgehead atoms. The first-order chi connectivity index (χ1) is 19.2. The van der Waals surface area contributed by atoms with E-state index in [1.54, 1.807) is 23.7 Å². The van der Waals surface area contributed by atoms with Crippen molar-refractivity contribution < 1.29 is 4.74 Å². The molecule has 0 spiro atoms. The zero-order chi connectivity index (χ0) is 26.6. The third-order valence-corrected chi connectivity index (χ3v) is 7.92. The summed E-state index contributed by atoms with van der Waals surface area (Å²) in [5.41, 5.74) is 6.97. The first-order valence-electron chi connectivity index (χ1n) is 13.5. The highest BCUT2D eigenvalue weighted by Gasteiger charge is 2.18. The molecule has 1 aliphatic rings. The zero-order valence-corrected chi connectivity index (χ0v) is 23.0. The van der Waals surface area contributed by atoms with E-state index in [0.717, 1.165) is 66.0 Å². The van der Waals surface area contributed by atoms with Crippen LogP contribution in [0.1, 0.15) is 42.5 Å². The van der Waals surface area contributed by atoms with Gasteiger partial charge in [0.15, 0.2) is 0 Å². The van der Waals surface area contributed by atoms with Gasteiger partial charge < -0.3 is 15.4 Å². The fourth-order valence-corrected chi connectivity index (χ4v) is 5.89. The van der Waals surface area contributed by atoms with Crippen LogP contribution in [0.25, 0.3) is 22.0 Å². The van der Waals surface area contributed by atoms with Crippen LogP contribution in [0.15, 0.2) is 71.8 Å². The van der Waals surface area contributed by atoms with E-state index in [1.807, 2.05) is 23.7 Å². The van der Waals surface area contributed by atoms with Crippen LogP contribution < -0.4 is 15.4 Å². The summed E-state index contributed by atoms with van der Waals surface area (Å²) >= 11 is 1.64. The number of thiazole rings is 1. The number of aryl methyl sites for hydroxylation is 1. The molecule has 5 aromatic rings. The van der Waals surface area contributed by atoms with Crippen LogP contribution >= 0.6 is 11.3 Å². The Morgan fingerprint density at radius 3 is 2.85 bits per heavy atom. The molecular formula is C31H32N6OS. The quantitative estimate of drug-likeness (QED) is 0.227. The fourth-order valence-electron chi connectivity index (χ4n) is 5.22. The maximum Gasteiger partial charge on any atom is 0.228 e. The topological polar surface area (TPSA) is 84.9 Å². The summed E-state index contributed by atoms with van der Waals surface area (Å²) < 4.78 is 6.62. The van der Waals surface area contributed by atoms with Crippen LogP contribution in [-0.4, -0.2) is 39.1 Å². The van der Waals surface area contributed by atoms with Crippen LogP contribution in [0, 0.1) is 6.92 Å². The Hall–Kier alpha value is -3.88. The maximum absolute atomic E-state index is 6.62. The van der Waals surface area contributed by atoms with Gasteiger partial charge in [-0.15, -0.1) is 11.3 Å². The van der Waals surface area contributed by atoms with Crippen molar-refractivity contribution in [3.8, 4) is 22.9 Å². The Bertz CT molecular complexity index is 1570. The highest BCUT2D eigenvalue weighted by molar-refractivity contribution is 7.07. The lowest BCUT2D eigenvalue weighted by Crippen LogP contribution is -2.38. The SMILES string of the molecule is Cc1ccc2c(C[C@H](C)c3cscn3)cccc2c1Oc1ncccc1-c1ccnc(N[C@H]2CCCNC2)n1. The van der Waals surface area contributed by atoms with E-state index in [-0.39, 0.29) is 0 Å². The van der Waals surface area contributed by atoms with Crippen molar-refractivity contribution in [2.24, 2.45) is 0 Å². The molecule has 198 valence electrons. The third kappa shape index (κ3) is 5.62. The smallest absolute Gasteiger partial charge is 0.228 e. The van der Waals surface area contributed by atoms with Gasteiger partial charge in [0, 0.05) is 41.7 Å². The molecule has 8 heteroatoms. The molecule has 2 atom stereocenters. The van der Waals surface area contributed by atoms with Crippen LogP contribution in [0.5, 0.6) is 11.6 Å². The minimum Gasteiger partial charge on any atom is -0.437 e. The number of rotatable bonds is 8. The Balaban J connectivity index is 1.32. The van der Waals surface area contributed by atoms with Gasteiger partial charge in [0.25, 0.3) is 0 Å². The van der Waals surface area contributed by atoms with Crippen molar-refractivity contribution in [2.45, 2.75) is 45.1 Å². The Kier molecular flexibility index (Phi) is 7.47. The molecule has 0 saturated carbocycles. The lowest BCUT2D eigenvalue weighted by molar-refractivity contribution is 0.466. The standard InChI is InChI=1S/C31H32N6OS/c1-20-10-11-24-22(16-21(2)28-18-39-19-35-28)6-3-8-25(24)29(20)38-30-26(9-5-14-33-30)27-12-15-34-31(37-27)36-23-7-4-13-32-17-23/h3,5-6,8-12,14-15,18-19,21,23,32H,4,7,13,16-17H2,1-2H3,(H,34,36,37)/t21-,23-/m0/s1. The van der Waals surface area contributed by atoms with Crippen molar-refractivity contribution in [3.05, 3.63) is 88.6 Å². The summed E-state index contributed by atoms with van der Waals surface area (Å²) in [6, 6.07) is 16.9. The molecule has 2 N–H and O–H groups in total. The molecule has 0 unspecified atom stereocenters. The molecule has 1 aliphatic heterocycles. The van der Waals surface area contributed by atoms with E-state index in [2.05, 4.69) is 75.1 Å². The first kappa shape index (κ1) is 25.4. The Morgan fingerprint density at radius 1 is 1.05 bits per heavy atom. The number of fused-ring (bicyclic) bond motifs is 1. The van der Waals surface area contributed by atoms with Gasteiger partial charge >= 0.3 is 0 Å². The number of anilines is 1. The van der Waals surface area contributed by atoms with E-state index < -0.39 is 0 Å². The van der Waals surface area contributed by atoms with Gasteiger partial charge in [-0.25, -0.2) is 19.9 Å². The Morgan fingerprint density at radius 2 is 2.00 bits per heavy atom. The number of hydrogen-bond donors (Lipinski definition) is 2. The van der Waals surface area contributed by atoms with Crippen molar-refractivity contribution in [2.75, 3.05) is 18.4 Å². The number of aromatic nitrogens is 4. The van der Waals surface area contributed by atoms with Crippen LogP contribution in [0.2, 0.25) is 0 Å². The molecular weight excluding hydrogens is 504 g/mol. The molecule has 4 heterocycles. The molecule has 0 amide bonds. The van der Waals surface area contributed by atoms with Crippen LogP contribution in [0.4, 0.5) is 5.95 Å². The minimum atomic E-state index is 0.324. The first-order valence-corrected chi connectivity index (χ1v) is 14.4. The van der Waals surface area contributed by atoms with Crippen LogP contribution in [0.3, 0.4) is 0 Å². The number of hydrogen-bond acceptors (Lipinski definition) is 8. The molecule has 6 rings (SSSR count). The summed E-state index contributed by atoms with van der Waals surface area (Å²) in [5.74, 6) is 2.30. The fraction of sp³-hybridized carbons (Fsp3) is 0.290. The van der Waals surface area contributed by atoms with E-state index in [4.69, 9.17) is 9.72 Å². The van der Waals surface area contributed by atoms with E-state index in [9.17, 15) is 0 Å². The predicted octanol–water partition coefficient (Wildman–Crippen LogP) is 6.76. The second kappa shape index (κ2) is 11.5. The van der Waals surface area contributed by atoms with E-state index >= 15 is 0 Å². The number of pyridine rings is 1. The maximum atomic E-state index is 6.62. The third-order valence-electron chi connectivity index (χ3n) is 7.31. The van der Waals surface area contributed by atoms with Gasteiger partial charge in [0.2, 0.25) is 11.8 Å². The molecule has 1 saturated heterocycles. The van der Waals surface area contributed by atoms with Gasteiger partial charge in [0.05, 0.1) is 22.5 Å². The average Bonchev–Trinajstić information content (AvgIpc) is 3.51. The van der Waals surface area contributed by atoms with Crippen molar-refractivity contribution in [1.29, 1.82) is 0 Å². The summed E-state index contributed by atoms with van der Waals surface area (Å²) in [4.78, 5) is 18.4. The van der Waals surface area contributed by atoms with Gasteiger partial charge in [-0.05, 0) is 67.4 Å². The van der Waals surface area contributed by atoms with E-state index in [1.165, 1.54) is 10.9 Å². The second-order valence-electron chi connectivity index (χ2n) is 10.2. The van der Waals surface area contributed by atoms with Crippen molar-refractivity contribution >= 4 is 28.1 Å². The molecule has 1 fully saturated rings. The highest BCUT2D eigenvalue weighted by Crippen LogP contribution is 2.38. The van der Waals surface area contributed by atoms with Gasteiger partial charge in [-0.2, -0.15) is 0 Å². The molecule has 2 aromatic carbocycles. The van der Waals surface area contributed by atoms with Crippen molar-refractivity contribution in [3.63, 3.8) is 0 Å². The van der Waals surface area contributed by atoms with Crippen LogP contribution in [-0.2, 0) is 6.42 Å². The minimum absolute atomic E-state index is 0.324. The number of benzene rings is 2. The highest BCUT2D eigenvalue weighted by atomic mass is 32.1. The number of ether oxygens (including phenoxy) is 1. The molecule has 0 radical (unpaired) electrons. The van der Waals surface area contributed by atoms with Gasteiger partial charge in [-0.1, -0.05) is 37.3 Å². The summed E-state index contributed by atoms with van der Waals surface area (Å²) in [6.07, 6.45) is 6.71. The lowest BCUT2D eigenvalue weighted by Gasteiger charge is -2.23. The normalized spacial score (nSPS) is 16.2. The molecule has 3 aromatic heterocycles. The lowest BCUT2D eigenvalue weighted by atomic mass is 9.93. The van der Waals surface area contributed by atoms with E-state index in [0.29, 0.717) is 23.8 Å². The van der Waals surface area contributed by atoms with Gasteiger partial charge in [-0.3, -0.25) is 0 Å². The summed E-state index contributed by atoms with van der Waals surface area (Å²) in [7, 11) is 0. The second-order valence-corrected chi connectivity index (χ2v) is 10.9.